The number of hydrogen-bond donors (Lipinski definition) is 2. The van der Waals surface area contributed by atoms with Crippen LogP contribution >= 0.6 is 23.2 Å². The molecule has 0 fully saturated rings. The van der Waals surface area contributed by atoms with E-state index in [2.05, 4.69) is 0 Å². The third-order valence-corrected chi connectivity index (χ3v) is 3.40. The zero-order valence-corrected chi connectivity index (χ0v) is 11.2. The van der Waals surface area contributed by atoms with Gasteiger partial charge in [0, 0.05) is 22.1 Å². The lowest BCUT2D eigenvalue weighted by molar-refractivity contribution is 0.574. The van der Waals surface area contributed by atoms with E-state index < -0.39 is 0 Å². The Morgan fingerprint density at radius 1 is 0.611 bits per heavy atom. The molecule has 0 amide bonds. The van der Waals surface area contributed by atoms with Crippen LogP contribution in [-0.2, 0) is 0 Å². The first-order valence-corrected chi connectivity index (χ1v) is 6.35. The Kier molecular flexibility index (Phi) is 4.25. The van der Waals surface area contributed by atoms with Gasteiger partial charge < -0.3 is 11.5 Å². The fourth-order valence-electron chi connectivity index (χ4n) is 1.78. The van der Waals surface area contributed by atoms with Gasteiger partial charge in [0.1, 0.15) is 0 Å². The molecule has 94 valence electrons. The van der Waals surface area contributed by atoms with Crippen molar-refractivity contribution in [1.29, 1.82) is 0 Å². The average Bonchev–Trinajstić information content (AvgIpc) is 2.39. The van der Waals surface area contributed by atoms with Crippen molar-refractivity contribution in [2.45, 2.75) is 12.1 Å². The van der Waals surface area contributed by atoms with E-state index in [0.717, 1.165) is 11.1 Å². The van der Waals surface area contributed by atoms with Crippen molar-refractivity contribution >= 4 is 23.2 Å². The van der Waals surface area contributed by atoms with Crippen LogP contribution in [0.1, 0.15) is 23.2 Å². The van der Waals surface area contributed by atoms with Gasteiger partial charge in [-0.05, 0) is 35.4 Å². The molecule has 0 aliphatic heterocycles. The van der Waals surface area contributed by atoms with Crippen molar-refractivity contribution in [3.8, 4) is 0 Å². The highest BCUT2D eigenvalue weighted by Crippen LogP contribution is 2.26. The summed E-state index contributed by atoms with van der Waals surface area (Å²) in [5.74, 6) is 0. The van der Waals surface area contributed by atoms with E-state index in [-0.39, 0.29) is 12.1 Å². The van der Waals surface area contributed by atoms with Gasteiger partial charge in [0.2, 0.25) is 0 Å². The molecule has 0 radical (unpaired) electrons. The summed E-state index contributed by atoms with van der Waals surface area (Å²) in [7, 11) is 0. The Labute approximate surface area is 117 Å². The summed E-state index contributed by atoms with van der Waals surface area (Å²) in [6.07, 6.45) is 0. The molecule has 0 aromatic heterocycles. The molecule has 0 aliphatic rings. The number of halogens is 2. The van der Waals surface area contributed by atoms with Crippen molar-refractivity contribution in [1.82, 2.24) is 0 Å². The monoisotopic (exact) mass is 280 g/mol. The zero-order valence-electron chi connectivity index (χ0n) is 9.68. The summed E-state index contributed by atoms with van der Waals surface area (Å²) >= 11 is 11.7. The fraction of sp³-hybridized carbons (Fsp3) is 0.143. The highest BCUT2D eigenvalue weighted by molar-refractivity contribution is 6.30. The number of nitrogens with two attached hydrogens (primary N) is 2. The van der Waals surface area contributed by atoms with Crippen LogP contribution in [0.4, 0.5) is 0 Å². The maximum absolute atomic E-state index is 6.16. The van der Waals surface area contributed by atoms with Crippen molar-refractivity contribution < 1.29 is 0 Å². The molecule has 0 spiro atoms. The summed E-state index contributed by atoms with van der Waals surface area (Å²) < 4.78 is 0. The van der Waals surface area contributed by atoms with Gasteiger partial charge in [0.25, 0.3) is 0 Å². The van der Waals surface area contributed by atoms with Gasteiger partial charge in [-0.2, -0.15) is 0 Å². The molecule has 2 aromatic rings. The van der Waals surface area contributed by atoms with Crippen LogP contribution in [0.5, 0.6) is 0 Å². The minimum atomic E-state index is -0.275. The van der Waals surface area contributed by atoms with E-state index in [1.807, 2.05) is 48.5 Å². The molecule has 18 heavy (non-hydrogen) atoms. The lowest BCUT2D eigenvalue weighted by Gasteiger charge is -2.20. The maximum Gasteiger partial charge on any atom is 0.0491 e. The first-order chi connectivity index (χ1) is 8.58. The molecule has 4 heteroatoms. The molecule has 2 aromatic carbocycles. The van der Waals surface area contributed by atoms with Crippen molar-refractivity contribution in [2.75, 3.05) is 0 Å². The largest absolute Gasteiger partial charge is 0.322 e. The Morgan fingerprint density at radius 3 is 1.17 bits per heavy atom. The quantitative estimate of drug-likeness (QED) is 0.901. The van der Waals surface area contributed by atoms with E-state index >= 15 is 0 Å². The van der Waals surface area contributed by atoms with Gasteiger partial charge in [0.15, 0.2) is 0 Å². The maximum atomic E-state index is 6.16. The second kappa shape index (κ2) is 5.72. The van der Waals surface area contributed by atoms with Gasteiger partial charge in [-0.25, -0.2) is 0 Å². The van der Waals surface area contributed by atoms with Crippen LogP contribution in [-0.4, -0.2) is 0 Å². The van der Waals surface area contributed by atoms with Crippen LogP contribution in [0.25, 0.3) is 0 Å². The highest BCUT2D eigenvalue weighted by Gasteiger charge is 2.17. The third kappa shape index (κ3) is 3.03. The van der Waals surface area contributed by atoms with Gasteiger partial charge in [-0.3, -0.25) is 0 Å². The van der Waals surface area contributed by atoms with Crippen LogP contribution in [0.2, 0.25) is 10.0 Å². The molecule has 0 saturated heterocycles. The summed E-state index contributed by atoms with van der Waals surface area (Å²) in [5.41, 5.74) is 14.2. The molecule has 0 bridgehead atoms. The van der Waals surface area contributed by atoms with E-state index in [1.165, 1.54) is 0 Å². The molecular formula is C14H14Cl2N2. The summed E-state index contributed by atoms with van der Waals surface area (Å²) in [6.45, 7) is 0. The van der Waals surface area contributed by atoms with E-state index in [9.17, 15) is 0 Å². The van der Waals surface area contributed by atoms with Crippen LogP contribution in [0.3, 0.4) is 0 Å². The van der Waals surface area contributed by atoms with Crippen LogP contribution in [0, 0.1) is 0 Å². The number of rotatable bonds is 3. The van der Waals surface area contributed by atoms with Crippen molar-refractivity contribution in [2.24, 2.45) is 11.5 Å². The van der Waals surface area contributed by atoms with Crippen LogP contribution in [0.15, 0.2) is 48.5 Å². The molecule has 0 saturated carbocycles. The standard InChI is InChI=1S/C14H14Cl2N2/c15-11-5-1-9(2-6-11)13(17)14(18)10-3-7-12(16)8-4-10/h1-8,13-14H,17-18H2/t13-,14-/m0/s1. The minimum Gasteiger partial charge on any atom is -0.322 e. The third-order valence-electron chi connectivity index (χ3n) is 2.90. The van der Waals surface area contributed by atoms with Crippen molar-refractivity contribution in [3.63, 3.8) is 0 Å². The number of benzene rings is 2. The topological polar surface area (TPSA) is 52.0 Å². The van der Waals surface area contributed by atoms with Crippen molar-refractivity contribution in [3.05, 3.63) is 69.7 Å². The van der Waals surface area contributed by atoms with E-state index in [1.54, 1.807) is 0 Å². The lowest BCUT2D eigenvalue weighted by atomic mass is 9.95. The summed E-state index contributed by atoms with van der Waals surface area (Å²) in [4.78, 5) is 0. The summed E-state index contributed by atoms with van der Waals surface area (Å²) in [6, 6.07) is 14.3. The van der Waals surface area contributed by atoms with E-state index in [0.29, 0.717) is 10.0 Å². The molecule has 0 heterocycles. The predicted octanol–water partition coefficient (Wildman–Crippen LogP) is 3.69. The SMILES string of the molecule is N[C@@H](c1ccc(Cl)cc1)[C@@H](N)c1ccc(Cl)cc1. The molecule has 2 atom stereocenters. The minimum absolute atomic E-state index is 0.275. The Bertz CT molecular complexity index is 459. The van der Waals surface area contributed by atoms with Gasteiger partial charge in [-0.1, -0.05) is 47.5 Å². The summed E-state index contributed by atoms with van der Waals surface area (Å²) in [5, 5.41) is 1.37. The molecular weight excluding hydrogens is 267 g/mol. The first-order valence-electron chi connectivity index (χ1n) is 5.60. The molecule has 4 N–H and O–H groups in total. The molecule has 0 unspecified atom stereocenters. The first kappa shape index (κ1) is 13.4. The second-order valence-electron chi connectivity index (χ2n) is 4.15. The normalized spacial score (nSPS) is 14.2. The fourth-order valence-corrected chi connectivity index (χ4v) is 2.04. The van der Waals surface area contributed by atoms with Gasteiger partial charge in [0.05, 0.1) is 0 Å². The van der Waals surface area contributed by atoms with Gasteiger partial charge >= 0.3 is 0 Å². The zero-order chi connectivity index (χ0) is 13.1. The van der Waals surface area contributed by atoms with Crippen LogP contribution < -0.4 is 11.5 Å². The average molecular weight is 281 g/mol. The Hall–Kier alpha value is -1.06. The molecule has 2 nitrogen and oxygen atoms in total. The molecule has 0 aliphatic carbocycles. The lowest BCUT2D eigenvalue weighted by Crippen LogP contribution is -2.26. The predicted molar refractivity (Wildman–Crippen MR) is 76.8 cm³/mol. The van der Waals surface area contributed by atoms with E-state index in [4.69, 9.17) is 34.7 Å². The van der Waals surface area contributed by atoms with Gasteiger partial charge in [-0.15, -0.1) is 0 Å². The Balaban J connectivity index is 2.20. The number of hydrogen-bond acceptors (Lipinski definition) is 2. The smallest absolute Gasteiger partial charge is 0.0491 e. The second-order valence-corrected chi connectivity index (χ2v) is 5.03. The Morgan fingerprint density at radius 2 is 0.889 bits per heavy atom. The highest BCUT2D eigenvalue weighted by atomic mass is 35.5. The molecule has 2 rings (SSSR count).